The molecule has 1 atom stereocenters. The molecular formula is C15H13ClN2. The molecule has 0 aliphatic rings. The summed E-state index contributed by atoms with van der Waals surface area (Å²) >= 11 is 6.10. The van der Waals surface area contributed by atoms with E-state index in [-0.39, 0.29) is 0 Å². The molecular weight excluding hydrogens is 244 g/mol. The molecule has 2 aromatic carbocycles. The van der Waals surface area contributed by atoms with Gasteiger partial charge in [-0.15, -0.1) is 0 Å². The zero-order valence-electron chi connectivity index (χ0n) is 10.0. The molecule has 3 heteroatoms. The van der Waals surface area contributed by atoms with Crippen LogP contribution in [-0.4, -0.2) is 0 Å². The van der Waals surface area contributed by atoms with E-state index in [4.69, 9.17) is 11.6 Å². The van der Waals surface area contributed by atoms with Gasteiger partial charge >= 0.3 is 0 Å². The lowest BCUT2D eigenvalue weighted by Crippen LogP contribution is -2.08. The summed E-state index contributed by atoms with van der Waals surface area (Å²) < 4.78 is 0. The average Bonchev–Trinajstić information content (AvgIpc) is 2.39. The summed E-state index contributed by atoms with van der Waals surface area (Å²) in [7, 11) is 0. The molecule has 0 saturated carbocycles. The van der Waals surface area contributed by atoms with E-state index in [9.17, 15) is 5.26 Å². The third-order valence-electron chi connectivity index (χ3n) is 2.71. The molecule has 1 N–H and O–H groups in total. The Balaban J connectivity index is 2.23. The molecule has 0 fully saturated rings. The lowest BCUT2D eigenvalue weighted by Gasteiger charge is -2.14. The maximum absolute atomic E-state index is 9.25. The Morgan fingerprint density at radius 3 is 2.39 bits per heavy atom. The highest BCUT2D eigenvalue weighted by Crippen LogP contribution is 2.25. The van der Waals surface area contributed by atoms with Crippen LogP contribution in [0.1, 0.15) is 17.2 Å². The monoisotopic (exact) mass is 256 g/mol. The second-order valence-corrected chi connectivity index (χ2v) is 4.50. The molecule has 0 saturated heterocycles. The highest BCUT2D eigenvalue weighted by Gasteiger charge is 2.13. The number of hydrogen-bond donors (Lipinski definition) is 1. The van der Waals surface area contributed by atoms with E-state index in [2.05, 4.69) is 11.4 Å². The molecule has 0 radical (unpaired) electrons. The van der Waals surface area contributed by atoms with Crippen LogP contribution in [0.4, 0.5) is 5.69 Å². The van der Waals surface area contributed by atoms with E-state index in [1.54, 1.807) is 6.07 Å². The van der Waals surface area contributed by atoms with E-state index in [1.807, 2.05) is 49.4 Å². The first-order valence-electron chi connectivity index (χ1n) is 5.68. The topological polar surface area (TPSA) is 35.8 Å². The number of halogens is 1. The summed E-state index contributed by atoms with van der Waals surface area (Å²) in [6, 6.07) is 17.1. The maximum atomic E-state index is 9.25. The Morgan fingerprint density at radius 1 is 1.11 bits per heavy atom. The first-order valence-corrected chi connectivity index (χ1v) is 6.06. The van der Waals surface area contributed by atoms with E-state index in [1.165, 1.54) is 5.56 Å². The molecule has 0 heterocycles. The van der Waals surface area contributed by atoms with Crippen molar-refractivity contribution in [1.29, 1.82) is 5.26 Å². The number of rotatable bonds is 3. The van der Waals surface area contributed by atoms with E-state index >= 15 is 0 Å². The van der Waals surface area contributed by atoms with Crippen LogP contribution >= 0.6 is 11.6 Å². The van der Waals surface area contributed by atoms with Crippen LogP contribution < -0.4 is 5.32 Å². The lowest BCUT2D eigenvalue weighted by molar-refractivity contribution is 0.998. The molecule has 90 valence electrons. The Hall–Kier alpha value is -1.98. The number of hydrogen-bond acceptors (Lipinski definition) is 2. The van der Waals surface area contributed by atoms with Crippen molar-refractivity contribution in [3.05, 3.63) is 64.7 Å². The lowest BCUT2D eigenvalue weighted by atomic mass is 10.1. The van der Waals surface area contributed by atoms with Crippen LogP contribution in [0.25, 0.3) is 0 Å². The second kappa shape index (κ2) is 5.57. The minimum absolute atomic E-state index is 0.443. The van der Waals surface area contributed by atoms with Crippen LogP contribution in [0, 0.1) is 18.3 Å². The highest BCUT2D eigenvalue weighted by molar-refractivity contribution is 6.31. The fourth-order valence-corrected chi connectivity index (χ4v) is 1.95. The van der Waals surface area contributed by atoms with Crippen molar-refractivity contribution in [2.24, 2.45) is 0 Å². The Kier molecular flexibility index (Phi) is 3.86. The van der Waals surface area contributed by atoms with Crippen molar-refractivity contribution >= 4 is 17.3 Å². The van der Waals surface area contributed by atoms with Crippen LogP contribution in [0.15, 0.2) is 48.5 Å². The number of anilines is 1. The van der Waals surface area contributed by atoms with Crippen molar-refractivity contribution in [1.82, 2.24) is 0 Å². The SMILES string of the molecule is Cc1ccc(NC(C#N)c2ccccc2Cl)cc1. The largest absolute Gasteiger partial charge is 0.366 e. The van der Waals surface area contributed by atoms with Crippen molar-refractivity contribution in [2.75, 3.05) is 5.32 Å². The van der Waals surface area contributed by atoms with Gasteiger partial charge in [0.1, 0.15) is 6.04 Å². The van der Waals surface area contributed by atoms with Crippen molar-refractivity contribution in [3.8, 4) is 6.07 Å². The van der Waals surface area contributed by atoms with E-state index in [0.717, 1.165) is 11.3 Å². The van der Waals surface area contributed by atoms with Crippen molar-refractivity contribution < 1.29 is 0 Å². The molecule has 0 aromatic heterocycles. The van der Waals surface area contributed by atoms with Gasteiger partial charge in [-0.2, -0.15) is 5.26 Å². The molecule has 0 bridgehead atoms. The van der Waals surface area contributed by atoms with Gasteiger partial charge in [0.2, 0.25) is 0 Å². The standard InChI is InChI=1S/C15H13ClN2/c1-11-6-8-12(9-7-11)18-15(10-17)13-4-2-3-5-14(13)16/h2-9,15,18H,1H3. The first-order chi connectivity index (χ1) is 8.70. The summed E-state index contributed by atoms with van der Waals surface area (Å²) in [6.07, 6.45) is 0. The summed E-state index contributed by atoms with van der Waals surface area (Å²) in [5, 5.41) is 13.0. The third-order valence-corrected chi connectivity index (χ3v) is 3.05. The Labute approximate surface area is 112 Å². The van der Waals surface area contributed by atoms with Gasteiger partial charge in [-0.05, 0) is 25.1 Å². The summed E-state index contributed by atoms with van der Waals surface area (Å²) in [5.74, 6) is 0. The first kappa shape index (κ1) is 12.5. The van der Waals surface area contributed by atoms with Crippen LogP contribution in [-0.2, 0) is 0 Å². The van der Waals surface area contributed by atoms with E-state index < -0.39 is 6.04 Å². The second-order valence-electron chi connectivity index (χ2n) is 4.09. The average molecular weight is 257 g/mol. The normalized spacial score (nSPS) is 11.6. The number of aryl methyl sites for hydroxylation is 1. The molecule has 0 spiro atoms. The smallest absolute Gasteiger partial charge is 0.141 e. The third kappa shape index (κ3) is 2.82. The summed E-state index contributed by atoms with van der Waals surface area (Å²) in [6.45, 7) is 2.03. The van der Waals surface area contributed by atoms with Gasteiger partial charge in [0.25, 0.3) is 0 Å². The fourth-order valence-electron chi connectivity index (χ4n) is 1.71. The minimum Gasteiger partial charge on any atom is -0.366 e. The van der Waals surface area contributed by atoms with Crippen molar-refractivity contribution in [3.63, 3.8) is 0 Å². The van der Waals surface area contributed by atoms with Crippen LogP contribution in [0.2, 0.25) is 5.02 Å². The molecule has 0 aliphatic heterocycles. The van der Waals surface area contributed by atoms with E-state index in [0.29, 0.717) is 5.02 Å². The van der Waals surface area contributed by atoms with Gasteiger partial charge in [0.05, 0.1) is 6.07 Å². The molecule has 0 amide bonds. The summed E-state index contributed by atoms with van der Waals surface area (Å²) in [4.78, 5) is 0. The molecule has 2 rings (SSSR count). The van der Waals surface area contributed by atoms with Crippen LogP contribution in [0.3, 0.4) is 0 Å². The number of nitrogens with one attached hydrogen (secondary N) is 1. The predicted octanol–water partition coefficient (Wildman–Crippen LogP) is 4.33. The van der Waals surface area contributed by atoms with Gasteiger partial charge in [0.15, 0.2) is 0 Å². The highest BCUT2D eigenvalue weighted by atomic mass is 35.5. The zero-order valence-corrected chi connectivity index (χ0v) is 10.8. The zero-order chi connectivity index (χ0) is 13.0. The summed E-state index contributed by atoms with van der Waals surface area (Å²) in [5.41, 5.74) is 2.89. The Bertz CT molecular complexity index is 570. The van der Waals surface area contributed by atoms with Gasteiger partial charge in [0, 0.05) is 16.3 Å². The number of benzene rings is 2. The molecule has 2 aromatic rings. The molecule has 0 aliphatic carbocycles. The quantitative estimate of drug-likeness (QED) is 0.887. The predicted molar refractivity (Wildman–Crippen MR) is 74.6 cm³/mol. The molecule has 18 heavy (non-hydrogen) atoms. The van der Waals surface area contributed by atoms with Crippen molar-refractivity contribution in [2.45, 2.75) is 13.0 Å². The maximum Gasteiger partial charge on any atom is 0.141 e. The van der Waals surface area contributed by atoms with Gasteiger partial charge < -0.3 is 5.32 Å². The Morgan fingerprint density at radius 2 is 1.78 bits per heavy atom. The molecule has 1 unspecified atom stereocenters. The van der Waals surface area contributed by atoms with Gasteiger partial charge in [-0.1, -0.05) is 47.5 Å². The number of nitriles is 1. The number of nitrogens with zero attached hydrogens (tertiary/aromatic N) is 1. The van der Waals surface area contributed by atoms with Gasteiger partial charge in [-0.3, -0.25) is 0 Å². The fraction of sp³-hybridized carbons (Fsp3) is 0.133. The van der Waals surface area contributed by atoms with Gasteiger partial charge in [-0.25, -0.2) is 0 Å². The molecule has 2 nitrogen and oxygen atoms in total. The minimum atomic E-state index is -0.443. The van der Waals surface area contributed by atoms with Crippen LogP contribution in [0.5, 0.6) is 0 Å².